The molecular formula is C60H116Br2N2O6. The summed E-state index contributed by atoms with van der Waals surface area (Å²) in [4.78, 5) is 48.2. The van der Waals surface area contributed by atoms with Gasteiger partial charge in [-0.05, 0) is 88.9 Å². The molecule has 0 aromatic heterocycles. The third-order valence-corrected chi connectivity index (χ3v) is 14.8. The summed E-state index contributed by atoms with van der Waals surface area (Å²) in [6, 6.07) is 0. The molecule has 0 rings (SSSR count). The van der Waals surface area contributed by atoms with Gasteiger partial charge in [0.1, 0.15) is 0 Å². The average Bonchev–Trinajstić information content (AvgIpc) is 3.36. The molecule has 0 aliphatic heterocycles. The Balaban J connectivity index is 0. The summed E-state index contributed by atoms with van der Waals surface area (Å²) in [5, 5.41) is 8.18. The van der Waals surface area contributed by atoms with Gasteiger partial charge < -0.3 is 20.1 Å². The second-order valence-electron chi connectivity index (χ2n) is 20.6. The summed E-state index contributed by atoms with van der Waals surface area (Å²) in [6.07, 6.45) is 50.2. The lowest BCUT2D eigenvalue weighted by Crippen LogP contribution is -2.24. The van der Waals surface area contributed by atoms with Gasteiger partial charge >= 0.3 is 11.9 Å². The Kier molecular flexibility index (Phi) is 61.2. The van der Waals surface area contributed by atoms with E-state index in [0.29, 0.717) is 50.7 Å². The fourth-order valence-corrected chi connectivity index (χ4v) is 9.72. The van der Waals surface area contributed by atoms with Gasteiger partial charge in [-0.15, -0.1) is 0 Å². The summed E-state index contributed by atoms with van der Waals surface area (Å²) in [5.74, 6) is 1.30. The van der Waals surface area contributed by atoms with Crippen LogP contribution in [0.4, 0.5) is 0 Å². The standard InChI is InChI=1S/2C30H58BrNO3/c2*1-3-5-7-9-11-16-22-28(21-15-8-6-4-2)27-35-30(34)24-18-14-20-26-32-29(33)23-17-12-10-13-19-25-31/h2*28H,3-27H2,1-2H3,(H,32,33). The van der Waals surface area contributed by atoms with Crippen LogP contribution < -0.4 is 10.6 Å². The molecule has 0 saturated carbocycles. The second kappa shape index (κ2) is 60.4. The molecule has 0 aromatic carbocycles. The lowest BCUT2D eigenvalue weighted by molar-refractivity contribution is -0.146. The Morgan fingerprint density at radius 1 is 0.329 bits per heavy atom. The predicted octanol–water partition coefficient (Wildman–Crippen LogP) is 18.6. The van der Waals surface area contributed by atoms with Gasteiger partial charge in [0, 0.05) is 49.4 Å². The molecule has 10 heteroatoms. The van der Waals surface area contributed by atoms with Gasteiger partial charge in [-0.25, -0.2) is 0 Å². The molecule has 0 spiro atoms. The van der Waals surface area contributed by atoms with Crippen LogP contribution in [0.2, 0.25) is 0 Å². The number of unbranched alkanes of at least 4 members (excludes halogenated alkanes) is 28. The van der Waals surface area contributed by atoms with Gasteiger partial charge in [0.25, 0.3) is 0 Å². The zero-order chi connectivity index (χ0) is 51.6. The van der Waals surface area contributed by atoms with Crippen molar-refractivity contribution in [1.82, 2.24) is 10.6 Å². The van der Waals surface area contributed by atoms with Crippen LogP contribution in [0, 0.1) is 11.8 Å². The van der Waals surface area contributed by atoms with Crippen molar-refractivity contribution in [2.24, 2.45) is 11.8 Å². The Bertz CT molecular complexity index is 1030. The van der Waals surface area contributed by atoms with Crippen LogP contribution in [0.3, 0.4) is 0 Å². The number of carbonyl (C=O) groups excluding carboxylic acids is 4. The Morgan fingerprint density at radius 2 is 0.586 bits per heavy atom. The van der Waals surface area contributed by atoms with Crippen LogP contribution in [-0.2, 0) is 28.7 Å². The zero-order valence-corrected chi connectivity index (χ0v) is 49.9. The normalized spacial score (nSPS) is 12.0. The van der Waals surface area contributed by atoms with E-state index in [-0.39, 0.29) is 23.8 Å². The number of alkyl halides is 2. The van der Waals surface area contributed by atoms with Crippen molar-refractivity contribution in [3.05, 3.63) is 0 Å². The summed E-state index contributed by atoms with van der Waals surface area (Å²) in [6.45, 7) is 11.7. The number of hydrogen-bond acceptors (Lipinski definition) is 6. The summed E-state index contributed by atoms with van der Waals surface area (Å²) in [7, 11) is 0. The number of ether oxygens (including phenoxy) is 2. The van der Waals surface area contributed by atoms with E-state index in [1.807, 2.05) is 0 Å². The molecule has 0 aliphatic carbocycles. The van der Waals surface area contributed by atoms with Gasteiger partial charge in [0.2, 0.25) is 11.8 Å². The molecular weight excluding hydrogens is 1000 g/mol. The van der Waals surface area contributed by atoms with Gasteiger partial charge in [-0.2, -0.15) is 0 Å². The fraction of sp³-hybridized carbons (Fsp3) is 0.933. The van der Waals surface area contributed by atoms with E-state index >= 15 is 0 Å². The largest absolute Gasteiger partial charge is 0.465 e. The van der Waals surface area contributed by atoms with Gasteiger partial charge in [0.15, 0.2) is 0 Å². The smallest absolute Gasteiger partial charge is 0.305 e. The summed E-state index contributed by atoms with van der Waals surface area (Å²) in [5.41, 5.74) is 0. The van der Waals surface area contributed by atoms with Crippen LogP contribution in [0.15, 0.2) is 0 Å². The molecule has 416 valence electrons. The molecule has 2 atom stereocenters. The van der Waals surface area contributed by atoms with E-state index in [2.05, 4.69) is 70.2 Å². The van der Waals surface area contributed by atoms with Crippen molar-refractivity contribution >= 4 is 55.6 Å². The van der Waals surface area contributed by atoms with E-state index in [0.717, 1.165) is 88.0 Å². The van der Waals surface area contributed by atoms with E-state index in [4.69, 9.17) is 9.47 Å². The lowest BCUT2D eigenvalue weighted by atomic mass is 9.95. The molecule has 0 aromatic rings. The quantitative estimate of drug-likeness (QED) is 0.0357. The van der Waals surface area contributed by atoms with Crippen molar-refractivity contribution in [1.29, 1.82) is 0 Å². The second-order valence-corrected chi connectivity index (χ2v) is 22.2. The van der Waals surface area contributed by atoms with Crippen molar-refractivity contribution < 1.29 is 28.7 Å². The van der Waals surface area contributed by atoms with Crippen molar-refractivity contribution in [3.63, 3.8) is 0 Å². The molecule has 2 amide bonds. The number of esters is 2. The molecule has 0 aliphatic rings. The maximum absolute atomic E-state index is 12.2. The Morgan fingerprint density at radius 3 is 0.914 bits per heavy atom. The molecule has 0 bridgehead atoms. The van der Waals surface area contributed by atoms with Gasteiger partial charge in [-0.3, -0.25) is 19.2 Å². The van der Waals surface area contributed by atoms with Crippen molar-refractivity contribution in [2.75, 3.05) is 37.0 Å². The van der Waals surface area contributed by atoms with Crippen LogP contribution in [-0.4, -0.2) is 60.7 Å². The number of halogens is 2. The fourth-order valence-electron chi connectivity index (χ4n) is 8.93. The molecule has 0 saturated heterocycles. The first kappa shape index (κ1) is 70.9. The minimum Gasteiger partial charge on any atom is -0.465 e. The van der Waals surface area contributed by atoms with Gasteiger partial charge in [-0.1, -0.05) is 239 Å². The molecule has 0 fully saturated rings. The molecule has 0 heterocycles. The average molecular weight is 1120 g/mol. The minimum atomic E-state index is -0.0459. The van der Waals surface area contributed by atoms with Crippen LogP contribution in [0.25, 0.3) is 0 Å². The number of nitrogens with one attached hydrogen (secondary N) is 2. The molecule has 0 radical (unpaired) electrons. The predicted molar refractivity (Wildman–Crippen MR) is 308 cm³/mol. The van der Waals surface area contributed by atoms with Crippen LogP contribution >= 0.6 is 31.9 Å². The maximum Gasteiger partial charge on any atom is 0.305 e. The highest BCUT2D eigenvalue weighted by atomic mass is 79.9. The topological polar surface area (TPSA) is 111 Å². The zero-order valence-electron chi connectivity index (χ0n) is 46.7. The Hall–Kier alpha value is -1.16. The first-order valence-electron chi connectivity index (χ1n) is 30.2. The highest BCUT2D eigenvalue weighted by molar-refractivity contribution is 9.09. The van der Waals surface area contributed by atoms with E-state index in [1.54, 1.807) is 0 Å². The molecule has 70 heavy (non-hydrogen) atoms. The summed E-state index contributed by atoms with van der Waals surface area (Å²) < 4.78 is 11.3. The van der Waals surface area contributed by atoms with Crippen LogP contribution in [0.5, 0.6) is 0 Å². The van der Waals surface area contributed by atoms with E-state index in [9.17, 15) is 19.2 Å². The van der Waals surface area contributed by atoms with E-state index < -0.39 is 0 Å². The molecule has 2 unspecified atom stereocenters. The third kappa shape index (κ3) is 57.7. The number of carbonyl (C=O) groups is 4. The highest BCUT2D eigenvalue weighted by Gasteiger charge is 2.14. The lowest BCUT2D eigenvalue weighted by Gasteiger charge is -2.17. The van der Waals surface area contributed by atoms with E-state index in [1.165, 1.54) is 193 Å². The van der Waals surface area contributed by atoms with Crippen molar-refractivity contribution in [3.8, 4) is 0 Å². The minimum absolute atomic E-state index is 0.0459. The first-order chi connectivity index (χ1) is 34.3. The Labute approximate surface area is 451 Å². The number of amides is 2. The van der Waals surface area contributed by atoms with Crippen LogP contribution in [0.1, 0.15) is 310 Å². The first-order valence-corrected chi connectivity index (χ1v) is 32.5. The number of rotatable bonds is 54. The van der Waals surface area contributed by atoms with Crippen molar-refractivity contribution in [2.45, 2.75) is 310 Å². The highest BCUT2D eigenvalue weighted by Crippen LogP contribution is 2.22. The third-order valence-electron chi connectivity index (χ3n) is 13.7. The molecule has 8 nitrogen and oxygen atoms in total. The SMILES string of the molecule is CCCCCCCCC(CCCCCC)COC(=O)CCCCCNC(=O)CCCCCCCBr.CCCCCCCCC(CCCCCC)COC(=O)CCCCCNC(=O)CCCCCCCBr. The molecule has 2 N–H and O–H groups in total. The number of hydrogen-bond donors (Lipinski definition) is 2. The summed E-state index contributed by atoms with van der Waals surface area (Å²) >= 11 is 6.90. The monoisotopic (exact) mass is 1120 g/mol. The van der Waals surface area contributed by atoms with Gasteiger partial charge in [0.05, 0.1) is 13.2 Å². The maximum atomic E-state index is 12.2.